The molecule has 3 heteroatoms. The minimum atomic E-state index is -0.0139. The lowest BCUT2D eigenvalue weighted by Gasteiger charge is -1.95. The summed E-state index contributed by atoms with van der Waals surface area (Å²) < 4.78 is 0. The van der Waals surface area contributed by atoms with Crippen molar-refractivity contribution in [2.24, 2.45) is 4.99 Å². The molecule has 0 amide bonds. The number of hydrogen-bond donors (Lipinski definition) is 1. The van der Waals surface area contributed by atoms with Gasteiger partial charge in [0, 0.05) is 5.57 Å². The monoisotopic (exact) mass is 145 g/mol. The summed E-state index contributed by atoms with van der Waals surface area (Å²) in [5.41, 5.74) is 0.448. The van der Waals surface area contributed by atoms with E-state index in [1.165, 1.54) is 6.20 Å². The largest absolute Gasteiger partial charge is 0.506 e. The summed E-state index contributed by atoms with van der Waals surface area (Å²) in [5, 5.41) is 8.86. The van der Waals surface area contributed by atoms with Gasteiger partial charge in [0.05, 0.1) is 12.1 Å². The van der Waals surface area contributed by atoms with E-state index in [0.717, 1.165) is 0 Å². The molecule has 0 aliphatic heterocycles. The zero-order chi connectivity index (χ0) is 7.28. The van der Waals surface area contributed by atoms with Crippen molar-refractivity contribution >= 4 is 18.3 Å². The van der Waals surface area contributed by atoms with Crippen LogP contribution in [0.1, 0.15) is 0 Å². The second-order valence-electron chi connectivity index (χ2n) is 1.43. The lowest BCUT2D eigenvalue weighted by Crippen LogP contribution is -1.86. The first kappa shape index (κ1) is 8.24. The van der Waals surface area contributed by atoms with Crippen LogP contribution < -0.4 is 0 Å². The van der Waals surface area contributed by atoms with Gasteiger partial charge in [-0.3, -0.25) is 4.99 Å². The predicted octanol–water partition coefficient (Wildman–Crippen LogP) is 1.88. The van der Waals surface area contributed by atoms with Gasteiger partial charge in [0.2, 0.25) is 0 Å². The van der Waals surface area contributed by atoms with Gasteiger partial charge < -0.3 is 5.11 Å². The van der Waals surface area contributed by atoms with E-state index >= 15 is 0 Å². The van der Waals surface area contributed by atoms with Gasteiger partial charge in [-0.15, -0.1) is 11.6 Å². The zero-order valence-electron chi connectivity index (χ0n) is 4.97. The Morgan fingerprint density at radius 2 is 2.33 bits per heavy atom. The van der Waals surface area contributed by atoms with E-state index < -0.39 is 0 Å². The summed E-state index contributed by atoms with van der Waals surface area (Å²) >= 11 is 5.32. The highest BCUT2D eigenvalue weighted by Gasteiger charge is 1.94. The Morgan fingerprint density at radius 1 is 1.78 bits per heavy atom. The molecule has 0 aromatic carbocycles. The molecule has 2 nitrogen and oxygen atoms in total. The third kappa shape index (κ3) is 2.93. The average Bonchev–Trinajstić information content (AvgIpc) is 1.87. The molecule has 0 aromatic heterocycles. The van der Waals surface area contributed by atoms with Crippen molar-refractivity contribution in [2.45, 2.75) is 0 Å². The molecule has 0 rings (SSSR count). The van der Waals surface area contributed by atoms with E-state index in [1.807, 2.05) is 0 Å². The normalized spacial score (nSPS) is 11.0. The van der Waals surface area contributed by atoms with E-state index in [1.54, 1.807) is 0 Å². The van der Waals surface area contributed by atoms with Gasteiger partial charge in [-0.2, -0.15) is 0 Å². The molecule has 0 aliphatic rings. The molecular formula is C6H8ClNO. The lowest BCUT2D eigenvalue weighted by atomic mass is 10.3. The number of nitrogens with zero attached hydrogens (tertiary/aromatic N) is 1. The van der Waals surface area contributed by atoms with Crippen molar-refractivity contribution in [1.82, 2.24) is 0 Å². The molecule has 0 atom stereocenters. The van der Waals surface area contributed by atoms with Gasteiger partial charge in [-0.05, 0) is 6.72 Å². The number of aliphatic imine (C=N–C) groups is 1. The third-order valence-electron chi connectivity index (χ3n) is 0.737. The van der Waals surface area contributed by atoms with Crippen molar-refractivity contribution in [3.8, 4) is 0 Å². The molecule has 50 valence electrons. The van der Waals surface area contributed by atoms with Gasteiger partial charge in [0.15, 0.2) is 0 Å². The number of alkyl halides is 1. The Balaban J connectivity index is 4.01. The van der Waals surface area contributed by atoms with E-state index in [0.29, 0.717) is 5.57 Å². The van der Waals surface area contributed by atoms with Crippen LogP contribution in [0.2, 0.25) is 0 Å². The smallest absolute Gasteiger partial charge is 0.137 e. The van der Waals surface area contributed by atoms with Gasteiger partial charge in [0.1, 0.15) is 5.76 Å². The molecular weight excluding hydrogens is 138 g/mol. The van der Waals surface area contributed by atoms with Crippen molar-refractivity contribution in [2.75, 3.05) is 5.88 Å². The molecule has 0 radical (unpaired) electrons. The Bertz CT molecular complexity index is 151. The minimum Gasteiger partial charge on any atom is -0.506 e. The first-order valence-corrected chi connectivity index (χ1v) is 2.85. The number of aliphatic hydroxyl groups is 1. The van der Waals surface area contributed by atoms with E-state index in [2.05, 4.69) is 18.3 Å². The maximum atomic E-state index is 8.86. The van der Waals surface area contributed by atoms with Crippen LogP contribution in [0.3, 0.4) is 0 Å². The van der Waals surface area contributed by atoms with E-state index in [4.69, 9.17) is 16.7 Å². The van der Waals surface area contributed by atoms with Crippen LogP contribution in [-0.2, 0) is 0 Å². The Hall–Kier alpha value is -0.760. The minimum absolute atomic E-state index is 0.0139. The molecule has 0 saturated heterocycles. The number of aliphatic hydroxyl groups excluding tert-OH is 1. The molecule has 0 spiro atoms. The van der Waals surface area contributed by atoms with Gasteiger partial charge in [-0.1, -0.05) is 6.58 Å². The van der Waals surface area contributed by atoms with E-state index in [-0.39, 0.29) is 11.6 Å². The van der Waals surface area contributed by atoms with Crippen molar-refractivity contribution in [3.05, 3.63) is 24.1 Å². The maximum absolute atomic E-state index is 8.86. The summed E-state index contributed by atoms with van der Waals surface area (Å²) in [4.78, 5) is 3.32. The van der Waals surface area contributed by atoms with Crippen LogP contribution in [-0.4, -0.2) is 17.7 Å². The number of halogens is 1. The molecule has 1 N–H and O–H groups in total. The van der Waals surface area contributed by atoms with Crippen molar-refractivity contribution in [1.29, 1.82) is 0 Å². The molecule has 0 unspecified atom stereocenters. The molecule has 0 aliphatic carbocycles. The summed E-state index contributed by atoms with van der Waals surface area (Å²) in [5.74, 6) is 0.192. The fourth-order valence-corrected chi connectivity index (χ4v) is 0.383. The van der Waals surface area contributed by atoms with Gasteiger partial charge >= 0.3 is 0 Å². The van der Waals surface area contributed by atoms with Crippen molar-refractivity contribution in [3.63, 3.8) is 0 Å². The van der Waals surface area contributed by atoms with Crippen LogP contribution in [0.15, 0.2) is 29.1 Å². The first-order chi connectivity index (χ1) is 4.22. The van der Waals surface area contributed by atoms with Gasteiger partial charge in [-0.25, -0.2) is 0 Å². The quantitative estimate of drug-likeness (QED) is 0.280. The second-order valence-corrected chi connectivity index (χ2v) is 1.70. The highest BCUT2D eigenvalue weighted by molar-refractivity contribution is 6.19. The highest BCUT2D eigenvalue weighted by atomic mass is 35.5. The summed E-state index contributed by atoms with van der Waals surface area (Å²) in [6.07, 6.45) is 1.20. The molecule has 0 bridgehead atoms. The van der Waals surface area contributed by atoms with E-state index in [9.17, 15) is 0 Å². The van der Waals surface area contributed by atoms with Crippen LogP contribution >= 0.6 is 11.6 Å². The Labute approximate surface area is 59.2 Å². The zero-order valence-corrected chi connectivity index (χ0v) is 5.73. The third-order valence-corrected chi connectivity index (χ3v) is 1.06. The molecule has 9 heavy (non-hydrogen) atoms. The molecule has 0 fully saturated rings. The fraction of sp³-hybridized carbons (Fsp3) is 0.167. The average molecular weight is 146 g/mol. The Morgan fingerprint density at radius 3 is 2.67 bits per heavy atom. The lowest BCUT2D eigenvalue weighted by molar-refractivity contribution is 0.422. The number of rotatable bonds is 3. The number of hydrogen-bond acceptors (Lipinski definition) is 2. The summed E-state index contributed by atoms with van der Waals surface area (Å²) in [6, 6.07) is 0. The SMILES string of the molecule is C=N/C=C(/O)C(=C)CCl. The molecule has 0 saturated carbocycles. The van der Waals surface area contributed by atoms with Crippen LogP contribution in [0.5, 0.6) is 0 Å². The van der Waals surface area contributed by atoms with Crippen LogP contribution in [0.4, 0.5) is 0 Å². The topological polar surface area (TPSA) is 32.6 Å². The predicted molar refractivity (Wildman–Crippen MR) is 40.1 cm³/mol. The maximum Gasteiger partial charge on any atom is 0.137 e. The number of allylic oxidation sites excluding steroid dienone is 1. The van der Waals surface area contributed by atoms with Crippen LogP contribution in [0.25, 0.3) is 0 Å². The van der Waals surface area contributed by atoms with Crippen molar-refractivity contribution < 1.29 is 5.11 Å². The Kier molecular flexibility index (Phi) is 3.80. The highest BCUT2D eigenvalue weighted by Crippen LogP contribution is 2.04. The standard InChI is InChI=1S/C6H8ClNO/c1-5(3-7)6(9)4-8-2/h4,9H,1-3H2/b6-4+. The van der Waals surface area contributed by atoms with Crippen LogP contribution in [0, 0.1) is 0 Å². The molecule has 0 aromatic rings. The fourth-order valence-electron chi connectivity index (χ4n) is 0.246. The second kappa shape index (κ2) is 4.15. The first-order valence-electron chi connectivity index (χ1n) is 2.31. The summed E-state index contributed by atoms with van der Waals surface area (Å²) in [7, 11) is 0. The molecule has 0 heterocycles. The van der Waals surface area contributed by atoms with Gasteiger partial charge in [0.25, 0.3) is 0 Å². The summed E-state index contributed by atoms with van der Waals surface area (Å²) in [6.45, 7) is 6.60.